The van der Waals surface area contributed by atoms with Gasteiger partial charge in [-0.1, -0.05) is 11.8 Å². The largest absolute Gasteiger partial charge is 0.464 e. The first-order valence-corrected chi connectivity index (χ1v) is 11.5. The highest BCUT2D eigenvalue weighted by molar-refractivity contribution is 7.99. The minimum absolute atomic E-state index is 0.236. The number of rotatable bonds is 6. The Morgan fingerprint density at radius 1 is 1.44 bits per heavy atom. The molecule has 0 fully saturated rings. The van der Waals surface area contributed by atoms with Crippen LogP contribution in [0.25, 0.3) is 21.5 Å². The number of fused-ring (bicyclic) bond motifs is 1. The van der Waals surface area contributed by atoms with Crippen LogP contribution in [-0.4, -0.2) is 27.5 Å². The van der Waals surface area contributed by atoms with Gasteiger partial charge in [-0.2, -0.15) is 5.26 Å². The van der Waals surface area contributed by atoms with Crippen LogP contribution in [0.5, 0.6) is 0 Å². The number of carbonyl (C=O) groups is 1. The quantitative estimate of drug-likeness (QED) is 0.316. The first kappa shape index (κ1) is 21.8. The summed E-state index contributed by atoms with van der Waals surface area (Å²) >= 11 is 2.65. The Kier molecular flexibility index (Phi) is 6.12. The van der Waals surface area contributed by atoms with E-state index in [4.69, 9.17) is 9.15 Å². The molecule has 0 aliphatic rings. The van der Waals surface area contributed by atoms with E-state index < -0.39 is 5.97 Å². The highest BCUT2D eigenvalue weighted by Crippen LogP contribution is 2.36. The molecule has 4 rings (SSSR count). The Labute approximate surface area is 191 Å². The fourth-order valence-electron chi connectivity index (χ4n) is 3.16. The molecule has 0 saturated heterocycles. The Morgan fingerprint density at radius 2 is 2.25 bits per heavy atom. The highest BCUT2D eigenvalue weighted by Gasteiger charge is 2.21. The monoisotopic (exact) mass is 466 g/mol. The normalized spacial score (nSPS) is 11.9. The summed E-state index contributed by atoms with van der Waals surface area (Å²) in [5.41, 5.74) is 1.43. The topological polar surface area (TPSA) is 122 Å². The van der Waals surface area contributed by atoms with Crippen molar-refractivity contribution < 1.29 is 13.9 Å². The molecule has 0 aliphatic heterocycles. The number of thiophene rings is 1. The lowest BCUT2D eigenvalue weighted by molar-refractivity contribution is 0.0524. The molecule has 0 aromatic carbocycles. The van der Waals surface area contributed by atoms with Crippen molar-refractivity contribution in [3.8, 4) is 17.4 Å². The van der Waals surface area contributed by atoms with E-state index in [1.165, 1.54) is 29.2 Å². The summed E-state index contributed by atoms with van der Waals surface area (Å²) in [5.74, 6) is 0.567. The summed E-state index contributed by atoms with van der Waals surface area (Å²) in [6, 6.07) is 7.14. The zero-order chi connectivity index (χ0) is 22.8. The molecule has 4 aromatic heterocycles. The molecule has 0 amide bonds. The first-order valence-electron chi connectivity index (χ1n) is 9.73. The molecule has 0 aliphatic carbocycles. The van der Waals surface area contributed by atoms with Crippen molar-refractivity contribution in [1.29, 1.82) is 5.26 Å². The van der Waals surface area contributed by atoms with E-state index in [2.05, 4.69) is 21.0 Å². The molecular formula is C22H18N4O4S2. The van der Waals surface area contributed by atoms with Crippen LogP contribution in [0.3, 0.4) is 0 Å². The lowest BCUT2D eigenvalue weighted by Gasteiger charge is -2.13. The average Bonchev–Trinajstić information content (AvgIpc) is 3.43. The van der Waals surface area contributed by atoms with Crippen LogP contribution in [0.2, 0.25) is 0 Å². The third-order valence-electron chi connectivity index (χ3n) is 4.72. The first-order chi connectivity index (χ1) is 15.4. The number of aromatic amines is 1. The summed E-state index contributed by atoms with van der Waals surface area (Å²) in [6.07, 6.45) is 1.56. The number of H-pyrrole nitrogens is 1. The van der Waals surface area contributed by atoms with Crippen molar-refractivity contribution in [2.24, 2.45) is 0 Å². The molecule has 162 valence electrons. The second-order valence-electron chi connectivity index (χ2n) is 6.82. The smallest absolute Gasteiger partial charge is 0.340 e. The van der Waals surface area contributed by atoms with Gasteiger partial charge in [0.05, 0.1) is 40.3 Å². The van der Waals surface area contributed by atoms with Crippen molar-refractivity contribution in [1.82, 2.24) is 15.0 Å². The molecule has 0 radical (unpaired) electrons. The molecule has 0 saturated carbocycles. The second kappa shape index (κ2) is 8.98. The molecule has 4 heterocycles. The Morgan fingerprint density at radius 3 is 2.94 bits per heavy atom. The number of ether oxygens (including phenoxy) is 1. The number of aryl methyl sites for hydroxylation is 1. The number of hydrogen-bond acceptors (Lipinski definition) is 9. The predicted octanol–water partition coefficient (Wildman–Crippen LogP) is 4.85. The summed E-state index contributed by atoms with van der Waals surface area (Å²) in [4.78, 5) is 37.5. The number of carbonyl (C=O) groups excluding carboxylic acids is 1. The van der Waals surface area contributed by atoms with E-state index in [-0.39, 0.29) is 28.5 Å². The van der Waals surface area contributed by atoms with Crippen LogP contribution in [0.1, 0.15) is 46.5 Å². The van der Waals surface area contributed by atoms with Gasteiger partial charge < -0.3 is 14.1 Å². The summed E-state index contributed by atoms with van der Waals surface area (Å²) in [5, 5.41) is 12.1. The van der Waals surface area contributed by atoms with Gasteiger partial charge in [0, 0.05) is 10.9 Å². The molecule has 32 heavy (non-hydrogen) atoms. The van der Waals surface area contributed by atoms with Crippen molar-refractivity contribution in [2.45, 2.75) is 31.0 Å². The Bertz CT molecular complexity index is 1400. The molecule has 4 aromatic rings. The molecule has 1 unspecified atom stereocenters. The Balaban J connectivity index is 1.66. The third-order valence-corrected chi connectivity index (χ3v) is 6.70. The number of nitrogens with zero attached hydrogens (tertiary/aromatic N) is 3. The maximum Gasteiger partial charge on any atom is 0.340 e. The van der Waals surface area contributed by atoms with Crippen molar-refractivity contribution in [2.75, 3.05) is 6.61 Å². The van der Waals surface area contributed by atoms with Crippen molar-refractivity contribution in [3.63, 3.8) is 0 Å². The summed E-state index contributed by atoms with van der Waals surface area (Å²) in [7, 11) is 0. The van der Waals surface area contributed by atoms with Gasteiger partial charge in [-0.05, 0) is 39.0 Å². The van der Waals surface area contributed by atoms with Gasteiger partial charge in [0.1, 0.15) is 27.5 Å². The van der Waals surface area contributed by atoms with Crippen LogP contribution in [0, 0.1) is 18.3 Å². The molecule has 1 N–H and O–H groups in total. The number of furan rings is 1. The van der Waals surface area contributed by atoms with E-state index in [0.29, 0.717) is 38.1 Å². The summed E-state index contributed by atoms with van der Waals surface area (Å²) in [6.45, 7) is 5.51. The lowest BCUT2D eigenvalue weighted by atomic mass is 10.1. The van der Waals surface area contributed by atoms with Gasteiger partial charge in [-0.25, -0.2) is 14.8 Å². The maximum atomic E-state index is 12.8. The van der Waals surface area contributed by atoms with E-state index >= 15 is 0 Å². The fourth-order valence-corrected chi connectivity index (χ4v) is 5.08. The van der Waals surface area contributed by atoms with Crippen molar-refractivity contribution >= 4 is 39.3 Å². The number of pyridine rings is 1. The van der Waals surface area contributed by atoms with Gasteiger partial charge in [0.2, 0.25) is 0 Å². The van der Waals surface area contributed by atoms with E-state index in [1.807, 2.05) is 12.3 Å². The van der Waals surface area contributed by atoms with Gasteiger partial charge in [0.15, 0.2) is 0 Å². The van der Waals surface area contributed by atoms with Gasteiger partial charge >= 0.3 is 5.97 Å². The second-order valence-corrected chi connectivity index (χ2v) is 9.01. The molecule has 0 spiro atoms. The highest BCUT2D eigenvalue weighted by atomic mass is 32.2. The number of esters is 1. The van der Waals surface area contributed by atoms with Crippen LogP contribution in [0.4, 0.5) is 0 Å². The Hall–Kier alpha value is -3.42. The lowest BCUT2D eigenvalue weighted by Crippen LogP contribution is -2.13. The number of hydrogen-bond donors (Lipinski definition) is 1. The van der Waals surface area contributed by atoms with E-state index in [9.17, 15) is 14.9 Å². The maximum absolute atomic E-state index is 12.8. The van der Waals surface area contributed by atoms with Gasteiger partial charge in [0.25, 0.3) is 5.56 Å². The van der Waals surface area contributed by atoms with Crippen LogP contribution < -0.4 is 5.56 Å². The number of thioether (sulfide) groups is 1. The zero-order valence-corrected chi connectivity index (χ0v) is 19.1. The molecule has 1 atom stereocenters. The average molecular weight is 467 g/mol. The number of nitrogens with one attached hydrogen (secondary N) is 1. The van der Waals surface area contributed by atoms with E-state index in [0.717, 1.165) is 0 Å². The molecular weight excluding hydrogens is 448 g/mol. The van der Waals surface area contributed by atoms with Crippen LogP contribution in [0.15, 0.2) is 44.1 Å². The fraction of sp³-hybridized carbons (Fsp3) is 0.227. The van der Waals surface area contributed by atoms with Crippen LogP contribution in [-0.2, 0) is 4.74 Å². The van der Waals surface area contributed by atoms with Crippen molar-refractivity contribution in [3.05, 3.63) is 62.8 Å². The molecule has 10 heteroatoms. The van der Waals surface area contributed by atoms with Crippen LogP contribution >= 0.6 is 23.1 Å². The molecule has 8 nitrogen and oxygen atoms in total. The number of aromatic nitrogens is 3. The van der Waals surface area contributed by atoms with E-state index in [1.54, 1.807) is 32.2 Å². The minimum atomic E-state index is -0.514. The third kappa shape index (κ3) is 4.04. The van der Waals surface area contributed by atoms with Gasteiger partial charge in [-0.15, -0.1) is 11.3 Å². The standard InChI is InChI=1S/C22H18N4O4S2/c1-4-29-22(28)14-8-13(9-23)20(24-11(14)2)32-12(3)18-25-19(27)17-15(10-31-21(17)26-18)16-6-5-7-30-16/h5-8,10,12H,4H2,1-3H3,(H,25,26,27). The van der Waals surface area contributed by atoms with Gasteiger partial charge in [-0.3, -0.25) is 4.79 Å². The summed E-state index contributed by atoms with van der Waals surface area (Å²) < 4.78 is 10.5. The SMILES string of the molecule is CCOC(=O)c1cc(C#N)c(SC(C)c2nc3scc(-c4ccco4)c3c(=O)[nH]2)nc1C. The zero-order valence-electron chi connectivity index (χ0n) is 17.5. The minimum Gasteiger partial charge on any atom is -0.464 e. The predicted molar refractivity (Wildman–Crippen MR) is 122 cm³/mol. The molecule has 0 bridgehead atoms. The number of nitriles is 1.